The van der Waals surface area contributed by atoms with Crippen molar-refractivity contribution < 1.29 is 0 Å². The van der Waals surface area contributed by atoms with Crippen molar-refractivity contribution in [3.63, 3.8) is 0 Å². The van der Waals surface area contributed by atoms with E-state index in [0.717, 1.165) is 6.42 Å². The van der Waals surface area contributed by atoms with Gasteiger partial charge in [-0.2, -0.15) is 0 Å². The summed E-state index contributed by atoms with van der Waals surface area (Å²) in [6.45, 7) is 2.07. The summed E-state index contributed by atoms with van der Waals surface area (Å²) in [5.41, 5.74) is 7.45. The Bertz CT molecular complexity index is 516. The van der Waals surface area contributed by atoms with Crippen molar-refractivity contribution in [2.24, 2.45) is 0 Å². The van der Waals surface area contributed by atoms with Crippen LogP contribution in [0.25, 0.3) is 0 Å². The first kappa shape index (κ1) is 12.6. The SMILES string of the molecule is CC(Cc1ccccc1)Nc1ncnc(Cl)c1N. The lowest BCUT2D eigenvalue weighted by atomic mass is 10.1. The molecule has 2 aromatic rings. The lowest BCUT2D eigenvalue weighted by Crippen LogP contribution is -2.20. The number of benzene rings is 1. The van der Waals surface area contributed by atoms with Crippen LogP contribution in [0.15, 0.2) is 36.7 Å². The summed E-state index contributed by atoms with van der Waals surface area (Å²) in [4.78, 5) is 7.91. The topological polar surface area (TPSA) is 63.8 Å². The van der Waals surface area contributed by atoms with Gasteiger partial charge in [0.25, 0.3) is 0 Å². The van der Waals surface area contributed by atoms with Crippen LogP contribution in [0.3, 0.4) is 0 Å². The molecule has 0 spiro atoms. The van der Waals surface area contributed by atoms with Gasteiger partial charge in [0, 0.05) is 6.04 Å². The van der Waals surface area contributed by atoms with Gasteiger partial charge in [-0.05, 0) is 18.9 Å². The van der Waals surface area contributed by atoms with Gasteiger partial charge in [0.15, 0.2) is 11.0 Å². The second kappa shape index (κ2) is 5.69. The van der Waals surface area contributed by atoms with E-state index in [1.54, 1.807) is 0 Å². The Morgan fingerprint density at radius 3 is 2.72 bits per heavy atom. The molecular formula is C13H15ClN4. The van der Waals surface area contributed by atoms with Crippen molar-refractivity contribution in [3.05, 3.63) is 47.4 Å². The number of rotatable bonds is 4. The van der Waals surface area contributed by atoms with E-state index in [-0.39, 0.29) is 11.2 Å². The van der Waals surface area contributed by atoms with E-state index in [4.69, 9.17) is 17.3 Å². The Morgan fingerprint density at radius 1 is 1.28 bits per heavy atom. The van der Waals surface area contributed by atoms with Gasteiger partial charge in [0.05, 0.1) is 0 Å². The first-order chi connectivity index (χ1) is 8.66. The van der Waals surface area contributed by atoms with Crippen LogP contribution in [-0.2, 0) is 6.42 Å². The van der Waals surface area contributed by atoms with E-state index in [0.29, 0.717) is 11.5 Å². The Morgan fingerprint density at radius 2 is 2.00 bits per heavy atom. The Labute approximate surface area is 111 Å². The van der Waals surface area contributed by atoms with Gasteiger partial charge in [-0.25, -0.2) is 9.97 Å². The highest BCUT2D eigenvalue weighted by Gasteiger charge is 2.09. The molecule has 0 fully saturated rings. The van der Waals surface area contributed by atoms with Crippen LogP contribution in [0, 0.1) is 0 Å². The minimum absolute atomic E-state index is 0.209. The van der Waals surface area contributed by atoms with Gasteiger partial charge in [0.2, 0.25) is 0 Å². The van der Waals surface area contributed by atoms with Crippen molar-refractivity contribution in [1.82, 2.24) is 9.97 Å². The highest BCUT2D eigenvalue weighted by atomic mass is 35.5. The summed E-state index contributed by atoms with van der Waals surface area (Å²) in [6, 6.07) is 10.4. The van der Waals surface area contributed by atoms with Crippen LogP contribution in [0.4, 0.5) is 11.5 Å². The second-order valence-electron chi connectivity index (χ2n) is 4.16. The van der Waals surface area contributed by atoms with Gasteiger partial charge in [0.1, 0.15) is 12.0 Å². The van der Waals surface area contributed by atoms with Crippen molar-refractivity contribution in [2.75, 3.05) is 11.1 Å². The molecule has 0 aliphatic carbocycles. The lowest BCUT2D eigenvalue weighted by Gasteiger charge is -2.15. The Kier molecular flexibility index (Phi) is 3.99. The zero-order valence-corrected chi connectivity index (χ0v) is 10.9. The number of nitrogen functional groups attached to an aromatic ring is 1. The van der Waals surface area contributed by atoms with Crippen molar-refractivity contribution in [3.8, 4) is 0 Å². The lowest BCUT2D eigenvalue weighted by molar-refractivity contribution is 0.784. The highest BCUT2D eigenvalue weighted by molar-refractivity contribution is 6.32. The summed E-state index contributed by atoms with van der Waals surface area (Å²) in [6.07, 6.45) is 2.29. The predicted octanol–water partition coefficient (Wildman–Crippen LogP) is 2.76. The van der Waals surface area contributed by atoms with Crippen LogP contribution in [-0.4, -0.2) is 16.0 Å². The van der Waals surface area contributed by atoms with Gasteiger partial charge >= 0.3 is 0 Å². The molecule has 18 heavy (non-hydrogen) atoms. The molecule has 0 radical (unpaired) electrons. The Hall–Kier alpha value is -1.81. The van der Waals surface area contributed by atoms with Crippen molar-refractivity contribution in [2.45, 2.75) is 19.4 Å². The van der Waals surface area contributed by atoms with E-state index < -0.39 is 0 Å². The molecule has 3 N–H and O–H groups in total. The molecule has 0 aliphatic heterocycles. The molecule has 0 saturated carbocycles. The molecule has 4 nitrogen and oxygen atoms in total. The zero-order valence-electron chi connectivity index (χ0n) is 10.1. The smallest absolute Gasteiger partial charge is 0.157 e. The molecule has 1 atom stereocenters. The number of nitrogens with two attached hydrogens (primary N) is 1. The minimum Gasteiger partial charge on any atom is -0.393 e. The number of nitrogens with zero attached hydrogens (tertiary/aromatic N) is 2. The summed E-state index contributed by atoms with van der Waals surface area (Å²) in [5, 5.41) is 3.52. The Balaban J connectivity index is 2.03. The molecule has 1 aromatic heterocycles. The maximum absolute atomic E-state index is 5.84. The van der Waals surface area contributed by atoms with Crippen LogP contribution >= 0.6 is 11.6 Å². The number of aromatic nitrogens is 2. The van der Waals surface area contributed by atoms with Gasteiger partial charge in [-0.15, -0.1) is 0 Å². The second-order valence-corrected chi connectivity index (χ2v) is 4.52. The molecule has 5 heteroatoms. The monoisotopic (exact) mass is 262 g/mol. The van der Waals surface area contributed by atoms with Crippen LogP contribution in [0.1, 0.15) is 12.5 Å². The summed E-state index contributed by atoms with van der Waals surface area (Å²) in [5.74, 6) is 0.582. The molecule has 0 bridgehead atoms. The maximum atomic E-state index is 5.84. The maximum Gasteiger partial charge on any atom is 0.157 e. The number of anilines is 2. The number of nitrogens with one attached hydrogen (secondary N) is 1. The summed E-state index contributed by atoms with van der Waals surface area (Å²) >= 11 is 5.84. The quantitative estimate of drug-likeness (QED) is 0.832. The molecule has 0 saturated heterocycles. The van der Waals surface area contributed by atoms with E-state index in [1.807, 2.05) is 18.2 Å². The average molecular weight is 263 g/mol. The van der Waals surface area contributed by atoms with Gasteiger partial charge in [-0.1, -0.05) is 41.9 Å². The average Bonchev–Trinajstić information content (AvgIpc) is 2.36. The fourth-order valence-electron chi connectivity index (χ4n) is 1.74. The zero-order chi connectivity index (χ0) is 13.0. The van der Waals surface area contributed by atoms with Crippen molar-refractivity contribution in [1.29, 1.82) is 0 Å². The molecule has 1 heterocycles. The van der Waals surface area contributed by atoms with E-state index in [1.165, 1.54) is 11.9 Å². The fourth-order valence-corrected chi connectivity index (χ4v) is 1.87. The molecule has 0 aliphatic rings. The largest absolute Gasteiger partial charge is 0.393 e. The molecule has 94 valence electrons. The van der Waals surface area contributed by atoms with Gasteiger partial charge in [-0.3, -0.25) is 0 Å². The molecule has 2 rings (SSSR count). The summed E-state index contributed by atoms with van der Waals surface area (Å²) < 4.78 is 0. The van der Waals surface area contributed by atoms with E-state index >= 15 is 0 Å². The van der Waals surface area contributed by atoms with E-state index in [2.05, 4.69) is 34.3 Å². The minimum atomic E-state index is 0.209. The summed E-state index contributed by atoms with van der Waals surface area (Å²) in [7, 11) is 0. The number of hydrogen-bond acceptors (Lipinski definition) is 4. The third kappa shape index (κ3) is 3.11. The predicted molar refractivity (Wildman–Crippen MR) is 74.7 cm³/mol. The van der Waals surface area contributed by atoms with E-state index in [9.17, 15) is 0 Å². The number of halogens is 1. The molecular weight excluding hydrogens is 248 g/mol. The standard InChI is InChI=1S/C13H15ClN4/c1-9(7-10-5-3-2-4-6-10)18-13-11(15)12(14)16-8-17-13/h2-6,8-9H,7,15H2,1H3,(H,16,17,18). The van der Waals surface area contributed by atoms with Gasteiger partial charge < -0.3 is 11.1 Å². The number of hydrogen-bond donors (Lipinski definition) is 2. The van der Waals surface area contributed by atoms with Crippen LogP contribution in [0.2, 0.25) is 5.15 Å². The molecule has 1 aromatic carbocycles. The highest BCUT2D eigenvalue weighted by Crippen LogP contribution is 2.22. The molecule has 1 unspecified atom stereocenters. The first-order valence-corrected chi connectivity index (χ1v) is 6.11. The normalized spacial score (nSPS) is 12.1. The first-order valence-electron chi connectivity index (χ1n) is 5.73. The molecule has 0 amide bonds. The third-order valence-electron chi connectivity index (χ3n) is 2.60. The third-order valence-corrected chi connectivity index (χ3v) is 2.90. The fraction of sp³-hybridized carbons (Fsp3) is 0.231. The van der Waals surface area contributed by atoms with Crippen molar-refractivity contribution >= 4 is 23.1 Å². The van der Waals surface area contributed by atoms with Crippen LogP contribution in [0.5, 0.6) is 0 Å². The van der Waals surface area contributed by atoms with Crippen LogP contribution < -0.4 is 11.1 Å².